The van der Waals surface area contributed by atoms with Crippen LogP contribution < -0.4 is 5.32 Å². The fourth-order valence-corrected chi connectivity index (χ4v) is 4.01. The van der Waals surface area contributed by atoms with Gasteiger partial charge in [-0.2, -0.15) is 18.2 Å². The number of alkyl halides is 3. The van der Waals surface area contributed by atoms with E-state index in [1.165, 1.54) is 0 Å². The molecule has 7 nitrogen and oxygen atoms in total. The van der Waals surface area contributed by atoms with Crippen molar-refractivity contribution in [3.63, 3.8) is 0 Å². The second-order valence-electron chi connectivity index (χ2n) is 8.72. The van der Waals surface area contributed by atoms with Gasteiger partial charge in [-0.15, -0.1) is 0 Å². The number of phenols is 1. The molecular weight excluding hydrogens is 487 g/mol. The summed E-state index contributed by atoms with van der Waals surface area (Å²) in [6.45, 7) is 5.06. The molecule has 0 aliphatic carbocycles. The summed E-state index contributed by atoms with van der Waals surface area (Å²) >= 11 is 0. The number of carboxylic acids is 1. The Balaban J connectivity index is 1.66. The molecule has 0 aliphatic rings. The van der Waals surface area contributed by atoms with Crippen LogP contribution in [0.15, 0.2) is 65.2 Å². The largest absolute Gasteiger partial charge is 0.507 e. The number of carboxylic acid groups (broad SMARTS) is 1. The molecule has 0 saturated carbocycles. The number of nitrogens with one attached hydrogen (secondary N) is 1. The summed E-state index contributed by atoms with van der Waals surface area (Å²) in [6, 6.07) is 14.4. The first-order valence-electron chi connectivity index (χ1n) is 11.4. The van der Waals surface area contributed by atoms with Crippen molar-refractivity contribution < 1.29 is 32.7 Å². The number of phenolic OH excluding ortho intramolecular Hbond substituents is 1. The molecule has 0 saturated heterocycles. The van der Waals surface area contributed by atoms with Crippen LogP contribution in [-0.2, 0) is 11.0 Å². The number of hydrogen-bond acceptors (Lipinski definition) is 6. The summed E-state index contributed by atoms with van der Waals surface area (Å²) in [7, 11) is 0. The lowest BCUT2D eigenvalue weighted by molar-refractivity contribution is -0.139. The molecule has 0 bridgehead atoms. The van der Waals surface area contributed by atoms with E-state index >= 15 is 0 Å². The Morgan fingerprint density at radius 2 is 1.68 bits per heavy atom. The number of carbonyl (C=O) groups is 1. The predicted octanol–water partition coefficient (Wildman–Crippen LogP) is 6.23. The number of rotatable bonds is 7. The van der Waals surface area contributed by atoms with Crippen molar-refractivity contribution in [3.05, 3.63) is 77.4 Å². The first-order chi connectivity index (χ1) is 17.5. The molecule has 0 aliphatic heterocycles. The van der Waals surface area contributed by atoms with Gasteiger partial charge >= 0.3 is 12.1 Å². The molecule has 0 amide bonds. The van der Waals surface area contributed by atoms with Gasteiger partial charge in [-0.3, -0.25) is 10.1 Å². The van der Waals surface area contributed by atoms with Crippen molar-refractivity contribution >= 4 is 5.97 Å². The van der Waals surface area contributed by atoms with Gasteiger partial charge in [0.15, 0.2) is 0 Å². The molecule has 3 aromatic carbocycles. The fourth-order valence-electron chi connectivity index (χ4n) is 4.01. The van der Waals surface area contributed by atoms with E-state index in [9.17, 15) is 23.1 Å². The first-order valence-corrected chi connectivity index (χ1v) is 11.4. The van der Waals surface area contributed by atoms with E-state index in [0.29, 0.717) is 16.7 Å². The minimum atomic E-state index is -4.69. The molecule has 37 heavy (non-hydrogen) atoms. The topological polar surface area (TPSA) is 108 Å². The summed E-state index contributed by atoms with van der Waals surface area (Å²) in [6.07, 6.45) is -4.69. The Kier molecular flexibility index (Phi) is 7.04. The Hall–Kier alpha value is -4.18. The van der Waals surface area contributed by atoms with Gasteiger partial charge in [-0.1, -0.05) is 53.7 Å². The van der Waals surface area contributed by atoms with Gasteiger partial charge in [0.25, 0.3) is 5.89 Å². The molecule has 4 rings (SSSR count). The van der Waals surface area contributed by atoms with E-state index in [0.717, 1.165) is 17.7 Å². The first kappa shape index (κ1) is 25.9. The maximum atomic E-state index is 14.0. The molecule has 2 atom stereocenters. The number of aryl methyl sites for hydroxylation is 1. The highest BCUT2D eigenvalue weighted by Crippen LogP contribution is 2.43. The lowest BCUT2D eigenvalue weighted by Gasteiger charge is -2.17. The Labute approximate surface area is 210 Å². The van der Waals surface area contributed by atoms with Gasteiger partial charge < -0.3 is 14.7 Å². The lowest BCUT2D eigenvalue weighted by Crippen LogP contribution is -2.35. The molecule has 3 N–H and O–H groups in total. The standard InChI is InChI=1S/C27H24F3N3O4/c1-14-6-4-5-7-19(14)20-13-23(34)21(12-22(20)27(28,29)30)25-32-24(33-37-25)18-10-8-17(9-11-18)15(2)31-16(3)26(35)36/h4-13,15-16,31,34H,1-3H3,(H,35,36). The Bertz CT molecular complexity index is 1430. The number of halogens is 3. The van der Waals surface area contributed by atoms with Gasteiger partial charge in [-0.25, -0.2) is 0 Å². The van der Waals surface area contributed by atoms with Crippen LogP contribution in [-0.4, -0.2) is 32.4 Å². The van der Waals surface area contributed by atoms with Gasteiger partial charge in [0.2, 0.25) is 5.82 Å². The Morgan fingerprint density at radius 3 is 2.30 bits per heavy atom. The minimum absolute atomic E-state index is 0.122. The zero-order valence-electron chi connectivity index (χ0n) is 20.2. The summed E-state index contributed by atoms with van der Waals surface area (Å²) < 4.78 is 47.2. The summed E-state index contributed by atoms with van der Waals surface area (Å²) in [4.78, 5) is 15.3. The van der Waals surface area contributed by atoms with Gasteiger partial charge in [0, 0.05) is 11.6 Å². The zero-order valence-corrected chi connectivity index (χ0v) is 20.2. The highest BCUT2D eigenvalue weighted by atomic mass is 19.4. The molecule has 0 fully saturated rings. The molecule has 1 heterocycles. The van der Waals surface area contributed by atoms with E-state index in [1.807, 2.05) is 6.92 Å². The van der Waals surface area contributed by atoms with E-state index in [2.05, 4.69) is 15.5 Å². The second-order valence-corrected chi connectivity index (χ2v) is 8.72. The number of aromatic hydroxyl groups is 1. The number of nitrogens with zero attached hydrogens (tertiary/aromatic N) is 2. The smallest absolute Gasteiger partial charge is 0.417 e. The van der Waals surface area contributed by atoms with E-state index in [4.69, 9.17) is 9.63 Å². The third kappa shape index (κ3) is 5.49. The number of hydrogen-bond donors (Lipinski definition) is 3. The number of aromatic nitrogens is 2. The van der Waals surface area contributed by atoms with Crippen molar-refractivity contribution in [2.24, 2.45) is 0 Å². The SMILES string of the molecule is Cc1ccccc1-c1cc(O)c(-c2nc(-c3ccc(C(C)NC(C)C(=O)O)cc3)no2)cc1C(F)(F)F. The summed E-state index contributed by atoms with van der Waals surface area (Å²) in [5, 5.41) is 26.5. The average Bonchev–Trinajstić information content (AvgIpc) is 3.33. The lowest BCUT2D eigenvalue weighted by atomic mass is 9.93. The van der Waals surface area contributed by atoms with Crippen LogP contribution in [0.25, 0.3) is 34.0 Å². The summed E-state index contributed by atoms with van der Waals surface area (Å²) in [5.41, 5.74) is 1.01. The molecule has 0 radical (unpaired) electrons. The van der Waals surface area contributed by atoms with E-state index in [-0.39, 0.29) is 28.9 Å². The predicted molar refractivity (Wildman–Crippen MR) is 131 cm³/mol. The molecule has 4 aromatic rings. The second kappa shape index (κ2) is 10.1. The van der Waals surface area contributed by atoms with Gasteiger partial charge in [0.05, 0.1) is 11.1 Å². The highest BCUT2D eigenvalue weighted by Gasteiger charge is 2.36. The average molecular weight is 512 g/mol. The number of aliphatic carboxylic acids is 1. The molecular formula is C27H24F3N3O4. The maximum absolute atomic E-state index is 14.0. The van der Waals surface area contributed by atoms with Crippen LogP contribution in [0, 0.1) is 6.92 Å². The molecule has 1 aromatic heterocycles. The van der Waals surface area contributed by atoms with Gasteiger partial charge in [-0.05, 0) is 55.2 Å². The van der Waals surface area contributed by atoms with Crippen LogP contribution in [0.1, 0.15) is 36.6 Å². The van der Waals surface area contributed by atoms with Crippen molar-refractivity contribution in [3.8, 4) is 39.7 Å². The van der Waals surface area contributed by atoms with Crippen LogP contribution in [0.5, 0.6) is 5.75 Å². The molecule has 0 spiro atoms. The van der Waals surface area contributed by atoms with E-state index < -0.39 is 29.5 Å². The highest BCUT2D eigenvalue weighted by molar-refractivity contribution is 5.78. The minimum Gasteiger partial charge on any atom is -0.507 e. The van der Waals surface area contributed by atoms with Crippen LogP contribution in [0.2, 0.25) is 0 Å². The fraction of sp³-hybridized carbons (Fsp3) is 0.222. The molecule has 10 heteroatoms. The van der Waals surface area contributed by atoms with Crippen molar-refractivity contribution in [2.45, 2.75) is 39.0 Å². The normalized spacial score (nSPS) is 13.4. The monoisotopic (exact) mass is 511 g/mol. The number of benzene rings is 3. The van der Waals surface area contributed by atoms with Crippen LogP contribution in [0.3, 0.4) is 0 Å². The van der Waals surface area contributed by atoms with Crippen LogP contribution in [0.4, 0.5) is 13.2 Å². The molecule has 2 unspecified atom stereocenters. The van der Waals surface area contributed by atoms with Crippen molar-refractivity contribution in [1.29, 1.82) is 0 Å². The van der Waals surface area contributed by atoms with Gasteiger partial charge in [0.1, 0.15) is 11.8 Å². The summed E-state index contributed by atoms with van der Waals surface area (Å²) in [5.74, 6) is -1.53. The zero-order chi connectivity index (χ0) is 26.9. The van der Waals surface area contributed by atoms with E-state index in [1.54, 1.807) is 62.4 Å². The van der Waals surface area contributed by atoms with Crippen molar-refractivity contribution in [2.75, 3.05) is 0 Å². The third-order valence-electron chi connectivity index (χ3n) is 6.07. The maximum Gasteiger partial charge on any atom is 0.417 e. The quantitative estimate of drug-likeness (QED) is 0.270. The van der Waals surface area contributed by atoms with Crippen molar-refractivity contribution in [1.82, 2.24) is 15.5 Å². The third-order valence-corrected chi connectivity index (χ3v) is 6.07. The Morgan fingerprint density at radius 1 is 1.00 bits per heavy atom. The molecule has 192 valence electrons. The van der Waals surface area contributed by atoms with Crippen LogP contribution >= 0.6 is 0 Å².